The molecule has 1 atom stereocenters. The summed E-state index contributed by atoms with van der Waals surface area (Å²) in [4.78, 5) is 4.76. The Kier molecular flexibility index (Phi) is 5.48. The van der Waals surface area contributed by atoms with Crippen LogP contribution in [0.5, 0.6) is 5.75 Å². The molecule has 1 aromatic heterocycles. The Balaban J connectivity index is 1.68. The first-order valence-electron chi connectivity index (χ1n) is 11.4. The molecule has 5 rings (SSSR count). The molecular formula is C26H32FN3O2. The standard InChI is InChI=1S/C26H32FN3O2/c1-28-11-9-26(10-12-28)17-30(15-18-5-4-6-19(27)13-18)23(16-31)25-24(26)21-8-7-20(32-3)14-22(21)29(25)2/h4-8,13-14,23,31H,9-12,15-17H2,1-3H3/t23-/m1/s1. The van der Waals surface area contributed by atoms with Gasteiger partial charge in [0.15, 0.2) is 0 Å². The number of aliphatic hydroxyl groups is 1. The van der Waals surface area contributed by atoms with Crippen LogP contribution in [-0.2, 0) is 19.0 Å². The number of rotatable bonds is 4. The zero-order chi connectivity index (χ0) is 22.5. The van der Waals surface area contributed by atoms with Crippen molar-refractivity contribution in [2.24, 2.45) is 7.05 Å². The van der Waals surface area contributed by atoms with Gasteiger partial charge in [-0.15, -0.1) is 0 Å². The number of methoxy groups -OCH3 is 1. The number of likely N-dealkylation sites (tertiary alicyclic amines) is 1. The van der Waals surface area contributed by atoms with Crippen LogP contribution in [0.1, 0.15) is 35.7 Å². The van der Waals surface area contributed by atoms with Gasteiger partial charge in [0.2, 0.25) is 0 Å². The summed E-state index contributed by atoms with van der Waals surface area (Å²) in [5, 5.41) is 11.8. The number of aryl methyl sites for hydroxylation is 1. The summed E-state index contributed by atoms with van der Waals surface area (Å²) < 4.78 is 21.7. The molecule has 170 valence electrons. The smallest absolute Gasteiger partial charge is 0.123 e. The molecule has 2 aliphatic rings. The van der Waals surface area contributed by atoms with Crippen molar-refractivity contribution < 1.29 is 14.2 Å². The summed E-state index contributed by atoms with van der Waals surface area (Å²) in [6.07, 6.45) is 2.14. The summed E-state index contributed by atoms with van der Waals surface area (Å²) in [7, 11) is 5.98. The van der Waals surface area contributed by atoms with E-state index < -0.39 is 0 Å². The van der Waals surface area contributed by atoms with Crippen LogP contribution >= 0.6 is 0 Å². The van der Waals surface area contributed by atoms with Crippen molar-refractivity contribution in [2.45, 2.75) is 30.8 Å². The van der Waals surface area contributed by atoms with Crippen LogP contribution in [0.2, 0.25) is 0 Å². The highest BCUT2D eigenvalue weighted by Gasteiger charge is 2.47. The molecule has 2 aromatic carbocycles. The summed E-state index contributed by atoms with van der Waals surface area (Å²) in [5.74, 6) is 0.622. The average molecular weight is 438 g/mol. The van der Waals surface area contributed by atoms with Gasteiger partial charge in [-0.1, -0.05) is 12.1 Å². The first-order chi connectivity index (χ1) is 15.5. The number of hydrogen-bond donors (Lipinski definition) is 1. The van der Waals surface area contributed by atoms with Gasteiger partial charge in [0.25, 0.3) is 0 Å². The number of aliphatic hydroxyl groups excluding tert-OH is 1. The van der Waals surface area contributed by atoms with E-state index in [9.17, 15) is 9.50 Å². The molecular weight excluding hydrogens is 405 g/mol. The second-order valence-corrected chi connectivity index (χ2v) is 9.52. The van der Waals surface area contributed by atoms with E-state index >= 15 is 0 Å². The third-order valence-electron chi connectivity index (χ3n) is 7.64. The van der Waals surface area contributed by atoms with Crippen molar-refractivity contribution in [3.63, 3.8) is 0 Å². The number of aromatic nitrogens is 1. The molecule has 6 heteroatoms. The van der Waals surface area contributed by atoms with E-state index in [1.54, 1.807) is 19.2 Å². The van der Waals surface area contributed by atoms with E-state index in [0.717, 1.165) is 49.3 Å². The minimum atomic E-state index is -0.216. The highest BCUT2D eigenvalue weighted by Crippen LogP contribution is 2.50. The maximum absolute atomic E-state index is 13.9. The van der Waals surface area contributed by atoms with Crippen LogP contribution < -0.4 is 4.74 Å². The lowest BCUT2D eigenvalue weighted by Crippen LogP contribution is -2.53. The molecule has 0 amide bonds. The molecule has 3 aromatic rings. The molecule has 1 spiro atoms. The zero-order valence-electron chi connectivity index (χ0n) is 19.1. The van der Waals surface area contributed by atoms with E-state index in [1.165, 1.54) is 22.7 Å². The van der Waals surface area contributed by atoms with Crippen LogP contribution in [-0.4, -0.2) is 59.9 Å². The third kappa shape index (κ3) is 3.41. The molecule has 0 unspecified atom stereocenters. The Bertz CT molecular complexity index is 1130. The molecule has 2 aliphatic heterocycles. The Labute approximate surface area is 189 Å². The second-order valence-electron chi connectivity index (χ2n) is 9.52. The first-order valence-corrected chi connectivity index (χ1v) is 11.4. The Morgan fingerprint density at radius 2 is 1.91 bits per heavy atom. The molecule has 0 radical (unpaired) electrons. The quantitative estimate of drug-likeness (QED) is 0.673. The zero-order valence-corrected chi connectivity index (χ0v) is 19.1. The molecule has 32 heavy (non-hydrogen) atoms. The van der Waals surface area contributed by atoms with Crippen LogP contribution in [0.15, 0.2) is 42.5 Å². The van der Waals surface area contributed by atoms with Gasteiger partial charge in [0, 0.05) is 42.7 Å². The Hall–Kier alpha value is -2.41. The predicted molar refractivity (Wildman–Crippen MR) is 125 cm³/mol. The number of benzene rings is 2. The van der Waals surface area contributed by atoms with Gasteiger partial charge in [-0.3, -0.25) is 4.90 Å². The van der Waals surface area contributed by atoms with Crippen LogP contribution in [0.3, 0.4) is 0 Å². The van der Waals surface area contributed by atoms with E-state index in [1.807, 2.05) is 12.1 Å². The average Bonchev–Trinajstić information content (AvgIpc) is 3.09. The summed E-state index contributed by atoms with van der Waals surface area (Å²) in [5.41, 5.74) is 4.66. The van der Waals surface area contributed by atoms with Gasteiger partial charge >= 0.3 is 0 Å². The van der Waals surface area contributed by atoms with Crippen molar-refractivity contribution in [3.8, 4) is 5.75 Å². The number of fused-ring (bicyclic) bond motifs is 4. The highest BCUT2D eigenvalue weighted by molar-refractivity contribution is 5.88. The van der Waals surface area contributed by atoms with Crippen LogP contribution in [0.25, 0.3) is 10.9 Å². The summed E-state index contributed by atoms with van der Waals surface area (Å²) in [6.45, 7) is 3.60. The van der Waals surface area contributed by atoms with Crippen LogP contribution in [0, 0.1) is 5.82 Å². The number of nitrogens with zero attached hydrogens (tertiary/aromatic N) is 3. The fourth-order valence-electron chi connectivity index (χ4n) is 5.95. The van der Waals surface area contributed by atoms with Gasteiger partial charge in [0.1, 0.15) is 11.6 Å². The fourth-order valence-corrected chi connectivity index (χ4v) is 5.95. The molecule has 3 heterocycles. The lowest BCUT2D eigenvalue weighted by atomic mass is 9.68. The van der Waals surface area contributed by atoms with E-state index in [0.29, 0.717) is 6.54 Å². The van der Waals surface area contributed by atoms with E-state index in [4.69, 9.17) is 4.74 Å². The molecule has 5 nitrogen and oxygen atoms in total. The maximum Gasteiger partial charge on any atom is 0.123 e. The fraction of sp³-hybridized carbons (Fsp3) is 0.462. The van der Waals surface area contributed by atoms with Gasteiger partial charge in [-0.25, -0.2) is 4.39 Å². The summed E-state index contributed by atoms with van der Waals surface area (Å²) in [6, 6.07) is 13.0. The van der Waals surface area contributed by atoms with Crippen molar-refractivity contribution in [1.29, 1.82) is 0 Å². The van der Waals surface area contributed by atoms with Gasteiger partial charge in [-0.05, 0) is 68.4 Å². The lowest BCUT2D eigenvalue weighted by Gasteiger charge is -2.50. The molecule has 0 aliphatic carbocycles. The summed E-state index contributed by atoms with van der Waals surface area (Å²) >= 11 is 0. The maximum atomic E-state index is 13.9. The molecule has 0 bridgehead atoms. The largest absolute Gasteiger partial charge is 0.497 e. The lowest BCUT2D eigenvalue weighted by molar-refractivity contribution is 0.0455. The number of ether oxygens (including phenoxy) is 1. The second kappa shape index (κ2) is 8.18. The predicted octanol–water partition coefficient (Wildman–Crippen LogP) is 3.84. The SMILES string of the molecule is COc1ccc2c3c(n(C)c2c1)[C@@H](CO)N(Cc1cccc(F)c1)CC31CCN(C)CC1. The van der Waals surface area contributed by atoms with Crippen molar-refractivity contribution in [2.75, 3.05) is 40.4 Å². The molecule has 0 saturated carbocycles. The van der Waals surface area contributed by atoms with Gasteiger partial charge in [0.05, 0.1) is 25.3 Å². The van der Waals surface area contributed by atoms with Gasteiger partial charge < -0.3 is 19.3 Å². The highest BCUT2D eigenvalue weighted by atomic mass is 19.1. The minimum Gasteiger partial charge on any atom is -0.497 e. The number of halogens is 1. The third-order valence-corrected chi connectivity index (χ3v) is 7.64. The molecule has 1 fully saturated rings. The van der Waals surface area contributed by atoms with Crippen molar-refractivity contribution in [1.82, 2.24) is 14.4 Å². The van der Waals surface area contributed by atoms with E-state index in [2.05, 4.69) is 40.6 Å². The number of hydrogen-bond acceptors (Lipinski definition) is 4. The molecule has 1 N–H and O–H groups in total. The minimum absolute atomic E-state index is 0.00887. The Morgan fingerprint density at radius 1 is 1.12 bits per heavy atom. The number of piperidine rings is 1. The van der Waals surface area contributed by atoms with Crippen molar-refractivity contribution >= 4 is 10.9 Å². The van der Waals surface area contributed by atoms with E-state index in [-0.39, 0.29) is 23.9 Å². The van der Waals surface area contributed by atoms with Crippen LogP contribution in [0.4, 0.5) is 4.39 Å². The Morgan fingerprint density at radius 3 is 2.59 bits per heavy atom. The normalized spacial score (nSPS) is 21.2. The topological polar surface area (TPSA) is 40.9 Å². The monoisotopic (exact) mass is 437 g/mol. The first kappa shape index (κ1) is 21.4. The molecule has 1 saturated heterocycles. The van der Waals surface area contributed by atoms with Gasteiger partial charge in [-0.2, -0.15) is 0 Å². The van der Waals surface area contributed by atoms with Crippen molar-refractivity contribution in [3.05, 3.63) is 65.1 Å².